The molecule has 2 aromatic heterocycles. The maximum absolute atomic E-state index is 13.8. The number of hydrogen-bond donors (Lipinski definition) is 1. The van der Waals surface area contributed by atoms with Gasteiger partial charge in [0.05, 0.1) is 21.8 Å². The number of rotatable bonds is 5. The van der Waals surface area contributed by atoms with Gasteiger partial charge in [0.15, 0.2) is 0 Å². The number of para-hydroxylation sites is 2. The van der Waals surface area contributed by atoms with E-state index in [0.717, 1.165) is 22.0 Å². The predicted octanol–water partition coefficient (Wildman–Crippen LogP) is 6.12. The Morgan fingerprint density at radius 3 is 2.06 bits per heavy atom. The Morgan fingerprint density at radius 2 is 1.33 bits per heavy atom. The Labute approximate surface area is 209 Å². The zero-order chi connectivity index (χ0) is 24.9. The van der Waals surface area contributed by atoms with E-state index in [-0.39, 0.29) is 4.90 Å². The monoisotopic (exact) mass is 492 g/mol. The Balaban J connectivity index is 1.52. The van der Waals surface area contributed by atoms with E-state index in [0.29, 0.717) is 22.3 Å². The molecule has 4 aromatic carbocycles. The van der Waals surface area contributed by atoms with E-state index in [4.69, 9.17) is 0 Å². The van der Waals surface area contributed by atoms with Gasteiger partial charge in [-0.2, -0.15) is 0 Å². The molecule has 0 spiro atoms. The third-order valence-electron chi connectivity index (χ3n) is 6.72. The topological polar surface area (TPSA) is 64.2 Å². The van der Waals surface area contributed by atoms with E-state index < -0.39 is 16.1 Å². The van der Waals surface area contributed by atoms with Gasteiger partial charge in [-0.05, 0) is 59.0 Å². The van der Waals surface area contributed by atoms with E-state index in [2.05, 4.69) is 0 Å². The number of aliphatic hydroxyl groups excluding tert-OH is 1. The molecule has 2 heterocycles. The van der Waals surface area contributed by atoms with Crippen molar-refractivity contribution >= 4 is 31.8 Å². The van der Waals surface area contributed by atoms with Crippen LogP contribution in [0, 0.1) is 0 Å². The van der Waals surface area contributed by atoms with Gasteiger partial charge in [0.1, 0.15) is 6.10 Å². The summed E-state index contributed by atoms with van der Waals surface area (Å²) < 4.78 is 31.0. The van der Waals surface area contributed by atoms with Crippen molar-refractivity contribution in [2.75, 3.05) is 0 Å². The Kier molecular flexibility index (Phi) is 5.29. The minimum atomic E-state index is -3.86. The largest absolute Gasteiger partial charge is 0.382 e. The maximum Gasteiger partial charge on any atom is 0.268 e. The van der Waals surface area contributed by atoms with Crippen molar-refractivity contribution in [3.8, 4) is 11.3 Å². The summed E-state index contributed by atoms with van der Waals surface area (Å²) in [5.41, 5.74) is 4.36. The second-order valence-electron chi connectivity index (χ2n) is 8.89. The first-order valence-electron chi connectivity index (χ1n) is 11.7. The molecular weight excluding hydrogens is 468 g/mol. The molecular formula is C30H24N2O3S. The van der Waals surface area contributed by atoms with E-state index in [1.165, 1.54) is 3.97 Å². The molecule has 6 heteroatoms. The van der Waals surface area contributed by atoms with Gasteiger partial charge in [-0.25, -0.2) is 12.4 Å². The number of aliphatic hydroxyl groups is 1. The van der Waals surface area contributed by atoms with Crippen LogP contribution in [0.5, 0.6) is 0 Å². The molecule has 6 aromatic rings. The van der Waals surface area contributed by atoms with Crippen molar-refractivity contribution < 1.29 is 13.5 Å². The van der Waals surface area contributed by atoms with Crippen LogP contribution in [-0.4, -0.2) is 22.1 Å². The Bertz CT molecular complexity index is 1830. The number of fused-ring (bicyclic) bond motifs is 2. The van der Waals surface area contributed by atoms with E-state index in [1.54, 1.807) is 30.3 Å². The van der Waals surface area contributed by atoms with E-state index in [9.17, 15) is 13.5 Å². The summed E-state index contributed by atoms with van der Waals surface area (Å²) in [7, 11) is -1.92. The molecule has 0 fully saturated rings. The third-order valence-corrected chi connectivity index (χ3v) is 8.46. The lowest BCUT2D eigenvalue weighted by Gasteiger charge is -2.16. The van der Waals surface area contributed by atoms with Gasteiger partial charge in [0.2, 0.25) is 0 Å². The molecule has 0 radical (unpaired) electrons. The van der Waals surface area contributed by atoms with Gasteiger partial charge in [-0.3, -0.25) is 0 Å². The summed E-state index contributed by atoms with van der Waals surface area (Å²) in [6.45, 7) is 0. The van der Waals surface area contributed by atoms with Crippen molar-refractivity contribution in [1.82, 2.24) is 8.54 Å². The minimum absolute atomic E-state index is 0.222. The molecule has 5 nitrogen and oxygen atoms in total. The fourth-order valence-electron chi connectivity index (χ4n) is 4.90. The van der Waals surface area contributed by atoms with Crippen LogP contribution in [-0.2, 0) is 17.1 Å². The molecule has 0 bridgehead atoms. The van der Waals surface area contributed by atoms with E-state index in [1.807, 2.05) is 96.5 Å². The summed E-state index contributed by atoms with van der Waals surface area (Å²) in [6, 6.07) is 35.2. The fraction of sp³-hybridized carbons (Fsp3) is 0.0667. The standard InChI is InChI=1S/C30H24N2O3S/c1-31-26-16-7-5-10-22(26)20-29(31)30(33)24-13-9-12-21(18-24)28-19-23-11-6-8-17-27(23)32(28)36(34,35)25-14-3-2-4-15-25/h2-20,30,33H,1H3. The molecule has 1 unspecified atom stereocenters. The first kappa shape index (κ1) is 22.3. The average molecular weight is 493 g/mol. The number of hydrogen-bond acceptors (Lipinski definition) is 3. The number of aryl methyl sites for hydroxylation is 1. The molecule has 0 aliphatic carbocycles. The molecule has 0 aliphatic heterocycles. The summed E-state index contributed by atoms with van der Waals surface area (Å²) in [5, 5.41) is 13.2. The lowest BCUT2D eigenvalue weighted by atomic mass is 10.0. The van der Waals surface area contributed by atoms with Crippen LogP contribution in [0.3, 0.4) is 0 Å². The first-order valence-corrected chi connectivity index (χ1v) is 13.1. The molecule has 178 valence electrons. The zero-order valence-corrected chi connectivity index (χ0v) is 20.4. The lowest BCUT2D eigenvalue weighted by molar-refractivity contribution is 0.212. The van der Waals surface area contributed by atoms with Crippen LogP contribution in [0.4, 0.5) is 0 Å². The normalized spacial score (nSPS) is 12.8. The second-order valence-corrected chi connectivity index (χ2v) is 10.7. The van der Waals surface area contributed by atoms with Crippen LogP contribution in [0.15, 0.2) is 120 Å². The smallest absolute Gasteiger partial charge is 0.268 e. The van der Waals surface area contributed by atoms with Gasteiger partial charge in [-0.15, -0.1) is 0 Å². The van der Waals surface area contributed by atoms with Crippen LogP contribution < -0.4 is 0 Å². The van der Waals surface area contributed by atoms with Gasteiger partial charge < -0.3 is 9.67 Å². The summed E-state index contributed by atoms with van der Waals surface area (Å²) in [4.78, 5) is 0.222. The van der Waals surface area contributed by atoms with Crippen LogP contribution in [0.25, 0.3) is 33.1 Å². The third kappa shape index (κ3) is 3.54. The fourth-order valence-corrected chi connectivity index (χ4v) is 6.45. The molecule has 0 amide bonds. The first-order chi connectivity index (χ1) is 17.4. The quantitative estimate of drug-likeness (QED) is 0.315. The highest BCUT2D eigenvalue weighted by Crippen LogP contribution is 2.35. The van der Waals surface area contributed by atoms with Crippen molar-refractivity contribution in [1.29, 1.82) is 0 Å². The summed E-state index contributed by atoms with van der Waals surface area (Å²) >= 11 is 0. The highest BCUT2D eigenvalue weighted by molar-refractivity contribution is 7.90. The maximum atomic E-state index is 13.8. The van der Waals surface area contributed by atoms with Gasteiger partial charge in [0.25, 0.3) is 10.0 Å². The SMILES string of the molecule is Cn1c(C(O)c2cccc(-c3cc4ccccc4n3S(=O)(=O)c3ccccc3)c2)cc2ccccc21. The minimum Gasteiger partial charge on any atom is -0.382 e. The van der Waals surface area contributed by atoms with Crippen LogP contribution >= 0.6 is 0 Å². The van der Waals surface area contributed by atoms with Gasteiger partial charge >= 0.3 is 0 Å². The molecule has 36 heavy (non-hydrogen) atoms. The molecule has 0 saturated carbocycles. The molecule has 6 rings (SSSR count). The lowest BCUT2D eigenvalue weighted by Crippen LogP contribution is -2.14. The predicted molar refractivity (Wildman–Crippen MR) is 143 cm³/mol. The van der Waals surface area contributed by atoms with Crippen molar-refractivity contribution in [2.24, 2.45) is 7.05 Å². The van der Waals surface area contributed by atoms with E-state index >= 15 is 0 Å². The average Bonchev–Trinajstić information content (AvgIpc) is 3.48. The molecule has 1 N–H and O–H groups in total. The number of aromatic nitrogens is 2. The number of nitrogens with zero attached hydrogens (tertiary/aromatic N) is 2. The summed E-state index contributed by atoms with van der Waals surface area (Å²) in [6.07, 6.45) is -0.870. The molecule has 1 atom stereocenters. The molecule has 0 aliphatic rings. The van der Waals surface area contributed by atoms with Gasteiger partial charge in [0, 0.05) is 18.0 Å². The number of benzene rings is 4. The van der Waals surface area contributed by atoms with Crippen molar-refractivity contribution in [2.45, 2.75) is 11.0 Å². The van der Waals surface area contributed by atoms with Crippen molar-refractivity contribution in [3.05, 3.63) is 127 Å². The van der Waals surface area contributed by atoms with Gasteiger partial charge in [-0.1, -0.05) is 72.8 Å². The summed E-state index contributed by atoms with van der Waals surface area (Å²) in [5.74, 6) is 0. The second kappa shape index (κ2) is 8.52. The Morgan fingerprint density at radius 1 is 0.694 bits per heavy atom. The highest BCUT2D eigenvalue weighted by atomic mass is 32.2. The zero-order valence-electron chi connectivity index (χ0n) is 19.6. The molecule has 0 saturated heterocycles. The Hall–Kier alpha value is -4.13. The highest BCUT2D eigenvalue weighted by Gasteiger charge is 2.24. The van der Waals surface area contributed by atoms with Crippen LogP contribution in [0.1, 0.15) is 17.4 Å². The van der Waals surface area contributed by atoms with Crippen molar-refractivity contribution in [3.63, 3.8) is 0 Å². The van der Waals surface area contributed by atoms with Crippen LogP contribution in [0.2, 0.25) is 0 Å².